The van der Waals surface area contributed by atoms with E-state index in [4.69, 9.17) is 5.10 Å². The highest BCUT2D eigenvalue weighted by Crippen LogP contribution is 2.36. The number of alkyl halides is 3. The number of aliphatic hydroxyl groups is 1. The van der Waals surface area contributed by atoms with Gasteiger partial charge in [-0.2, -0.15) is 18.3 Å². The number of carbonyl (C=O) groups excluding carboxylic acids is 1. The molecule has 5 rings (SSSR count). The molecule has 0 spiro atoms. The average molecular weight is 622 g/mol. The van der Waals surface area contributed by atoms with Gasteiger partial charge in [0.1, 0.15) is 5.82 Å². The number of nitrogens with zero attached hydrogens (tertiary/aromatic N) is 4. The number of fused-ring (bicyclic) bond motifs is 1. The zero-order valence-corrected chi connectivity index (χ0v) is 24.9. The number of benzene rings is 2. The first-order chi connectivity index (χ1) is 20.4. The van der Waals surface area contributed by atoms with Gasteiger partial charge in [-0.25, -0.2) is 12.9 Å². The molecule has 1 amide bonds. The number of hydrogen-bond donors (Lipinski definition) is 2. The Labute approximate surface area is 250 Å². The van der Waals surface area contributed by atoms with Crippen LogP contribution in [0.3, 0.4) is 0 Å². The first-order valence-corrected chi connectivity index (χ1v) is 15.7. The Morgan fingerprint density at radius 1 is 1.12 bits per heavy atom. The number of likely N-dealkylation sites (tertiary alicyclic amines) is 1. The van der Waals surface area contributed by atoms with Crippen molar-refractivity contribution in [3.63, 3.8) is 0 Å². The molecule has 3 heterocycles. The van der Waals surface area contributed by atoms with Crippen LogP contribution in [-0.4, -0.2) is 72.7 Å². The number of aryl methyl sites for hydroxylation is 1. The minimum absolute atomic E-state index is 0.136. The van der Waals surface area contributed by atoms with Crippen molar-refractivity contribution in [2.45, 2.75) is 58.1 Å². The normalized spacial score (nSPS) is 17.6. The van der Waals surface area contributed by atoms with Gasteiger partial charge in [0.25, 0.3) is 5.91 Å². The standard InChI is InChI=1S/C30H35F4N5O3S/c1-19-13-21(6-8-26(19)31)29(41)35-15-22-14-20(5-7-25(22)30(32,33)34)28-24-18-38(43(2)42)12-9-27(24)39(36-28)17-23(40)16-37-10-3-4-11-37/h5-8,13-14,23,40H,3-4,9-12,15-18H2,1-2H3,(H,35,41). The van der Waals surface area contributed by atoms with Crippen LogP contribution in [0.1, 0.15) is 51.1 Å². The van der Waals surface area contributed by atoms with E-state index in [1.807, 2.05) is 0 Å². The number of halogens is 4. The molecule has 1 saturated heterocycles. The number of carbonyl (C=O) groups is 1. The Hall–Kier alpha value is -3.13. The van der Waals surface area contributed by atoms with Crippen molar-refractivity contribution in [2.75, 3.05) is 32.4 Å². The van der Waals surface area contributed by atoms with E-state index in [2.05, 4.69) is 10.2 Å². The first-order valence-electron chi connectivity index (χ1n) is 14.2. The summed E-state index contributed by atoms with van der Waals surface area (Å²) in [5.74, 6) is -1.11. The van der Waals surface area contributed by atoms with Gasteiger partial charge in [-0.3, -0.25) is 9.48 Å². The quantitative estimate of drug-likeness (QED) is 0.352. The van der Waals surface area contributed by atoms with Crippen molar-refractivity contribution in [2.24, 2.45) is 0 Å². The monoisotopic (exact) mass is 621 g/mol. The van der Waals surface area contributed by atoms with Gasteiger partial charge in [-0.05, 0) is 74.3 Å². The Morgan fingerprint density at radius 2 is 1.86 bits per heavy atom. The molecule has 0 bridgehead atoms. The van der Waals surface area contributed by atoms with Gasteiger partial charge in [0.2, 0.25) is 0 Å². The van der Waals surface area contributed by atoms with Crippen LogP contribution in [0, 0.1) is 12.7 Å². The number of amides is 1. The Morgan fingerprint density at radius 3 is 2.53 bits per heavy atom. The Balaban J connectivity index is 1.47. The molecule has 2 aliphatic heterocycles. The van der Waals surface area contributed by atoms with Crippen molar-refractivity contribution >= 4 is 16.9 Å². The van der Waals surface area contributed by atoms with Crippen LogP contribution in [-0.2, 0) is 43.2 Å². The summed E-state index contributed by atoms with van der Waals surface area (Å²) < 4.78 is 71.5. The predicted octanol–water partition coefficient (Wildman–Crippen LogP) is 4.05. The van der Waals surface area contributed by atoms with E-state index in [0.717, 1.165) is 49.3 Å². The van der Waals surface area contributed by atoms with Crippen LogP contribution < -0.4 is 5.32 Å². The summed E-state index contributed by atoms with van der Waals surface area (Å²) in [4.78, 5) is 14.9. The van der Waals surface area contributed by atoms with Gasteiger partial charge in [-0.15, -0.1) is 0 Å². The second kappa shape index (κ2) is 12.8. The predicted molar refractivity (Wildman–Crippen MR) is 155 cm³/mol. The van der Waals surface area contributed by atoms with Gasteiger partial charge in [-0.1, -0.05) is 6.07 Å². The second-order valence-corrected chi connectivity index (χ2v) is 12.5. The molecule has 1 fully saturated rings. The van der Waals surface area contributed by atoms with Crippen molar-refractivity contribution < 1.29 is 31.7 Å². The van der Waals surface area contributed by atoms with Gasteiger partial charge in [0.05, 0.1) is 34.9 Å². The molecule has 2 unspecified atom stereocenters. The van der Waals surface area contributed by atoms with E-state index < -0.39 is 47.1 Å². The lowest BCUT2D eigenvalue weighted by Crippen LogP contribution is -2.35. The topological polar surface area (TPSA) is 90.7 Å². The number of nitrogens with one attached hydrogen (secondary N) is 1. The molecular formula is C30H35F4N5O3S. The van der Waals surface area contributed by atoms with Crippen LogP contribution >= 0.6 is 0 Å². The molecule has 43 heavy (non-hydrogen) atoms. The summed E-state index contributed by atoms with van der Waals surface area (Å²) in [6.07, 6.45) is -1.05. The van der Waals surface area contributed by atoms with Crippen LogP contribution in [0.15, 0.2) is 36.4 Å². The molecule has 0 saturated carbocycles. The Kier molecular flexibility index (Phi) is 9.35. The van der Waals surface area contributed by atoms with Crippen molar-refractivity contribution in [1.82, 2.24) is 24.3 Å². The molecule has 2 N–H and O–H groups in total. The van der Waals surface area contributed by atoms with Crippen molar-refractivity contribution in [1.29, 1.82) is 0 Å². The summed E-state index contributed by atoms with van der Waals surface area (Å²) >= 11 is 0. The van der Waals surface area contributed by atoms with Crippen LogP contribution in [0.25, 0.3) is 11.3 Å². The number of hydrogen-bond acceptors (Lipinski definition) is 5. The molecule has 8 nitrogen and oxygen atoms in total. The molecule has 0 radical (unpaired) electrons. The lowest BCUT2D eigenvalue weighted by molar-refractivity contribution is -0.138. The van der Waals surface area contributed by atoms with Crippen LogP contribution in [0.5, 0.6) is 0 Å². The zero-order chi connectivity index (χ0) is 30.9. The van der Waals surface area contributed by atoms with E-state index in [1.54, 1.807) is 15.2 Å². The first kappa shape index (κ1) is 31.3. The number of β-amino-alcohol motifs (C(OH)–C–C–N with tert-alkyl or cyclic N) is 1. The summed E-state index contributed by atoms with van der Waals surface area (Å²) in [6.45, 7) is 4.51. The van der Waals surface area contributed by atoms with Crippen LogP contribution in [0.2, 0.25) is 0 Å². The summed E-state index contributed by atoms with van der Waals surface area (Å²) in [7, 11) is -1.26. The number of aromatic nitrogens is 2. The minimum atomic E-state index is -4.67. The van der Waals surface area contributed by atoms with E-state index in [0.29, 0.717) is 37.3 Å². The Bertz CT molecular complexity index is 1520. The maximum absolute atomic E-state index is 14.0. The molecule has 13 heteroatoms. The van der Waals surface area contributed by atoms with Gasteiger partial charge in [0.15, 0.2) is 0 Å². The number of rotatable bonds is 9. The molecule has 2 aromatic carbocycles. The number of aliphatic hydroxyl groups excluding tert-OH is 1. The van der Waals surface area contributed by atoms with Crippen molar-refractivity contribution in [3.05, 3.63) is 75.7 Å². The molecule has 0 aliphatic carbocycles. The summed E-state index contributed by atoms with van der Waals surface area (Å²) in [5, 5.41) is 18.2. The maximum atomic E-state index is 14.0. The molecule has 232 valence electrons. The van der Waals surface area contributed by atoms with Gasteiger partial charge >= 0.3 is 6.18 Å². The largest absolute Gasteiger partial charge is 0.416 e. The van der Waals surface area contributed by atoms with E-state index in [-0.39, 0.29) is 23.2 Å². The third-order valence-corrected chi connectivity index (χ3v) is 9.10. The fourth-order valence-electron chi connectivity index (χ4n) is 5.82. The van der Waals surface area contributed by atoms with Crippen molar-refractivity contribution in [3.8, 4) is 11.3 Å². The van der Waals surface area contributed by atoms with Crippen LogP contribution in [0.4, 0.5) is 17.6 Å². The fraction of sp³-hybridized carbons (Fsp3) is 0.467. The lowest BCUT2D eigenvalue weighted by atomic mass is 9.97. The highest BCUT2D eigenvalue weighted by atomic mass is 32.2. The molecule has 3 aromatic rings. The highest BCUT2D eigenvalue weighted by molar-refractivity contribution is 7.81. The summed E-state index contributed by atoms with van der Waals surface area (Å²) in [6, 6.07) is 7.46. The smallest absolute Gasteiger partial charge is 0.390 e. The second-order valence-electron chi connectivity index (χ2n) is 11.2. The fourth-order valence-corrected chi connectivity index (χ4v) is 6.48. The van der Waals surface area contributed by atoms with Gasteiger partial charge in [0, 0.05) is 61.2 Å². The van der Waals surface area contributed by atoms with E-state index in [9.17, 15) is 31.7 Å². The zero-order valence-electron chi connectivity index (χ0n) is 24.1. The minimum Gasteiger partial charge on any atom is -0.390 e. The molecule has 1 aromatic heterocycles. The SMILES string of the molecule is Cc1cc(C(=O)NCc2cc(-c3nn(CC(O)CN4CCCC4)c4c3CN(S(C)=O)CC4)ccc2C(F)(F)F)ccc1F. The molecular weight excluding hydrogens is 586 g/mol. The summed E-state index contributed by atoms with van der Waals surface area (Å²) in [5.41, 5.74) is 1.83. The molecule has 2 atom stereocenters. The average Bonchev–Trinajstić information content (AvgIpc) is 3.60. The van der Waals surface area contributed by atoms with E-state index in [1.165, 1.54) is 31.2 Å². The lowest BCUT2D eigenvalue weighted by Gasteiger charge is -2.26. The third-order valence-electron chi connectivity index (χ3n) is 8.06. The maximum Gasteiger partial charge on any atom is 0.416 e. The third kappa shape index (κ3) is 7.17. The molecule has 2 aliphatic rings. The highest BCUT2D eigenvalue weighted by Gasteiger charge is 2.34. The van der Waals surface area contributed by atoms with E-state index >= 15 is 0 Å². The van der Waals surface area contributed by atoms with Gasteiger partial charge < -0.3 is 15.3 Å².